The topological polar surface area (TPSA) is 107 Å². The van der Waals surface area contributed by atoms with E-state index in [4.69, 9.17) is 16.7 Å². The minimum Gasteiger partial charge on any atom is -0.355 e. The Morgan fingerprint density at radius 2 is 1.93 bits per heavy atom. The highest BCUT2D eigenvalue weighted by Crippen LogP contribution is 2.26. The second kappa shape index (κ2) is 10.1. The van der Waals surface area contributed by atoms with Gasteiger partial charge in [0.2, 0.25) is 15.9 Å². The number of aromatic nitrogens is 2. The minimum absolute atomic E-state index is 0.0169. The first-order chi connectivity index (χ1) is 14.3. The number of carbonyl (C=O) groups excluding carboxylic acids is 1. The van der Waals surface area contributed by atoms with Gasteiger partial charge in [-0.3, -0.25) is 4.79 Å². The molecule has 0 aliphatic heterocycles. The number of halogens is 1. The highest BCUT2D eigenvalue weighted by atomic mass is 35.5. The van der Waals surface area contributed by atoms with Crippen LogP contribution in [0.1, 0.15) is 6.92 Å². The van der Waals surface area contributed by atoms with Crippen LogP contribution in [0.4, 0.5) is 0 Å². The molecule has 0 saturated carbocycles. The quantitative estimate of drug-likeness (QED) is 0.356. The van der Waals surface area contributed by atoms with Crippen LogP contribution >= 0.6 is 35.1 Å². The standard InChI is InChI=1S/C19H21ClN4O3S3/c1-2-24-17-8-7-15(30(21,26)27)11-16(17)23-19(24)29-12-18(25)22-9-10-28-14-5-3-13(20)4-6-14/h3-8,11H,2,9-10,12H2,1H3,(H,22,25)(H2,21,26,27). The van der Waals surface area contributed by atoms with Crippen LogP contribution in [0.25, 0.3) is 11.0 Å². The van der Waals surface area contributed by atoms with Gasteiger partial charge in [-0.2, -0.15) is 0 Å². The van der Waals surface area contributed by atoms with Gasteiger partial charge in [-0.05, 0) is 49.4 Å². The molecule has 30 heavy (non-hydrogen) atoms. The summed E-state index contributed by atoms with van der Waals surface area (Å²) in [5, 5.41) is 9.45. The van der Waals surface area contributed by atoms with Crippen LogP contribution in [0, 0.1) is 0 Å². The second-order valence-corrected chi connectivity index (χ2v) is 10.4. The van der Waals surface area contributed by atoms with Gasteiger partial charge in [0.05, 0.1) is 21.7 Å². The van der Waals surface area contributed by atoms with Crippen molar-refractivity contribution in [3.05, 3.63) is 47.5 Å². The largest absolute Gasteiger partial charge is 0.355 e. The molecule has 0 unspecified atom stereocenters. The first-order valence-corrected chi connectivity index (χ1v) is 13.0. The van der Waals surface area contributed by atoms with Gasteiger partial charge in [0, 0.05) is 28.8 Å². The predicted molar refractivity (Wildman–Crippen MR) is 123 cm³/mol. The normalized spacial score (nSPS) is 11.7. The summed E-state index contributed by atoms with van der Waals surface area (Å²) in [6, 6.07) is 12.2. The van der Waals surface area contributed by atoms with Crippen molar-refractivity contribution in [2.75, 3.05) is 18.1 Å². The number of thioether (sulfide) groups is 2. The van der Waals surface area contributed by atoms with Crippen LogP contribution in [0.2, 0.25) is 5.02 Å². The molecule has 0 saturated heterocycles. The molecule has 160 valence electrons. The summed E-state index contributed by atoms with van der Waals surface area (Å²) in [5.74, 6) is 0.885. The maximum atomic E-state index is 12.2. The van der Waals surface area contributed by atoms with Gasteiger partial charge in [-0.25, -0.2) is 18.5 Å². The Morgan fingerprint density at radius 3 is 2.60 bits per heavy atom. The lowest BCUT2D eigenvalue weighted by Gasteiger charge is -2.07. The Bertz CT molecular complexity index is 1150. The van der Waals surface area contributed by atoms with Crippen LogP contribution in [-0.2, 0) is 21.4 Å². The fourth-order valence-corrected chi connectivity index (χ4v) is 5.09. The van der Waals surface area contributed by atoms with Crippen molar-refractivity contribution in [3.8, 4) is 0 Å². The maximum Gasteiger partial charge on any atom is 0.238 e. The number of sulfonamides is 1. The van der Waals surface area contributed by atoms with Crippen molar-refractivity contribution in [3.63, 3.8) is 0 Å². The zero-order valence-electron chi connectivity index (χ0n) is 16.2. The number of imidazole rings is 1. The van der Waals surface area contributed by atoms with E-state index in [9.17, 15) is 13.2 Å². The number of nitrogens with zero attached hydrogens (tertiary/aromatic N) is 2. The van der Waals surface area contributed by atoms with Gasteiger partial charge in [-0.1, -0.05) is 23.4 Å². The fourth-order valence-electron chi connectivity index (χ4n) is 2.75. The number of benzene rings is 2. The molecule has 7 nitrogen and oxygen atoms in total. The van der Waals surface area contributed by atoms with Gasteiger partial charge in [0.1, 0.15) is 0 Å². The first-order valence-electron chi connectivity index (χ1n) is 9.09. The Hall–Kier alpha value is -1.72. The highest BCUT2D eigenvalue weighted by molar-refractivity contribution is 8.00. The van der Waals surface area contributed by atoms with Crippen molar-refractivity contribution < 1.29 is 13.2 Å². The lowest BCUT2D eigenvalue weighted by molar-refractivity contribution is -0.118. The summed E-state index contributed by atoms with van der Waals surface area (Å²) >= 11 is 8.82. The average molecular weight is 485 g/mol. The third-order valence-electron chi connectivity index (χ3n) is 4.17. The molecule has 3 aromatic rings. The number of nitrogens with one attached hydrogen (secondary N) is 1. The molecule has 1 heterocycles. The summed E-state index contributed by atoms with van der Waals surface area (Å²) < 4.78 is 25.1. The van der Waals surface area contributed by atoms with Crippen LogP contribution in [0.5, 0.6) is 0 Å². The summed E-state index contributed by atoms with van der Waals surface area (Å²) in [6.45, 7) is 3.16. The lowest BCUT2D eigenvalue weighted by Crippen LogP contribution is -2.27. The fraction of sp³-hybridized carbons (Fsp3) is 0.263. The van der Waals surface area contributed by atoms with Crippen molar-refractivity contribution in [2.24, 2.45) is 5.14 Å². The van der Waals surface area contributed by atoms with Crippen molar-refractivity contribution in [2.45, 2.75) is 28.4 Å². The van der Waals surface area contributed by atoms with E-state index in [1.807, 2.05) is 35.8 Å². The highest BCUT2D eigenvalue weighted by Gasteiger charge is 2.15. The number of hydrogen-bond donors (Lipinski definition) is 2. The molecular formula is C19H21ClN4O3S3. The second-order valence-electron chi connectivity index (χ2n) is 6.28. The zero-order chi connectivity index (χ0) is 21.7. The number of carbonyl (C=O) groups is 1. The number of rotatable bonds is 9. The molecule has 0 atom stereocenters. The molecule has 1 amide bonds. The molecule has 3 N–H and O–H groups in total. The zero-order valence-corrected chi connectivity index (χ0v) is 19.4. The van der Waals surface area contributed by atoms with E-state index in [1.165, 1.54) is 23.9 Å². The molecule has 2 aromatic carbocycles. The minimum atomic E-state index is -3.79. The molecule has 0 bridgehead atoms. The third kappa shape index (κ3) is 5.92. The number of aryl methyl sites for hydroxylation is 1. The van der Waals surface area contributed by atoms with E-state index >= 15 is 0 Å². The summed E-state index contributed by atoms with van der Waals surface area (Å²) in [4.78, 5) is 17.8. The molecule has 0 spiro atoms. The van der Waals surface area contributed by atoms with Gasteiger partial charge in [-0.15, -0.1) is 11.8 Å². The predicted octanol–water partition coefficient (Wildman–Crippen LogP) is 3.36. The Morgan fingerprint density at radius 1 is 1.20 bits per heavy atom. The SMILES string of the molecule is CCn1c(SCC(=O)NCCSc2ccc(Cl)cc2)nc2cc(S(N)(=O)=O)ccc21. The van der Waals surface area contributed by atoms with Crippen molar-refractivity contribution in [1.29, 1.82) is 0 Å². The van der Waals surface area contributed by atoms with Crippen molar-refractivity contribution >= 4 is 62.1 Å². The number of amides is 1. The molecule has 3 rings (SSSR count). The average Bonchev–Trinajstić information content (AvgIpc) is 3.07. The van der Waals surface area contributed by atoms with E-state index in [1.54, 1.807) is 17.8 Å². The van der Waals surface area contributed by atoms with Gasteiger partial charge >= 0.3 is 0 Å². The maximum absolute atomic E-state index is 12.2. The third-order valence-corrected chi connectivity index (χ3v) is 7.32. The van der Waals surface area contributed by atoms with E-state index in [2.05, 4.69) is 10.3 Å². The first kappa shape index (κ1) is 23.0. The van der Waals surface area contributed by atoms with Crippen molar-refractivity contribution in [1.82, 2.24) is 14.9 Å². The molecular weight excluding hydrogens is 464 g/mol. The van der Waals surface area contributed by atoms with E-state index in [0.717, 1.165) is 16.2 Å². The smallest absolute Gasteiger partial charge is 0.238 e. The van der Waals surface area contributed by atoms with Crippen LogP contribution in [-0.4, -0.2) is 41.9 Å². The molecule has 0 radical (unpaired) electrons. The number of hydrogen-bond acceptors (Lipinski definition) is 6. The summed E-state index contributed by atoms with van der Waals surface area (Å²) in [5.41, 5.74) is 1.33. The molecule has 0 aliphatic carbocycles. The summed E-state index contributed by atoms with van der Waals surface area (Å²) in [7, 11) is -3.79. The van der Waals surface area contributed by atoms with E-state index in [0.29, 0.717) is 28.8 Å². The molecule has 0 aliphatic rings. The number of primary sulfonamides is 1. The Balaban J connectivity index is 1.55. The van der Waals surface area contributed by atoms with E-state index in [-0.39, 0.29) is 16.6 Å². The summed E-state index contributed by atoms with van der Waals surface area (Å²) in [6.07, 6.45) is 0. The molecule has 11 heteroatoms. The Labute approximate surface area is 188 Å². The van der Waals surface area contributed by atoms with Crippen LogP contribution in [0.15, 0.2) is 57.4 Å². The molecule has 1 aromatic heterocycles. The number of nitrogens with two attached hydrogens (primary N) is 1. The van der Waals surface area contributed by atoms with Crippen LogP contribution in [0.3, 0.4) is 0 Å². The number of fused-ring (bicyclic) bond motifs is 1. The van der Waals surface area contributed by atoms with E-state index < -0.39 is 10.0 Å². The van der Waals surface area contributed by atoms with Gasteiger partial charge in [0.25, 0.3) is 0 Å². The lowest BCUT2D eigenvalue weighted by atomic mass is 10.3. The monoisotopic (exact) mass is 484 g/mol. The van der Waals surface area contributed by atoms with Gasteiger partial charge in [0.15, 0.2) is 5.16 Å². The van der Waals surface area contributed by atoms with Gasteiger partial charge < -0.3 is 9.88 Å². The Kier molecular flexibility index (Phi) is 7.70. The van der Waals surface area contributed by atoms with Crippen LogP contribution < -0.4 is 10.5 Å². The molecule has 0 fully saturated rings.